The second-order valence-electron chi connectivity index (χ2n) is 6.83. The van der Waals surface area contributed by atoms with Gasteiger partial charge in [-0.25, -0.2) is 4.98 Å². The number of hydrogen-bond donors (Lipinski definition) is 0. The fourth-order valence-electron chi connectivity index (χ4n) is 3.51. The third kappa shape index (κ3) is 3.40. The Bertz CT molecular complexity index is 1080. The lowest BCUT2D eigenvalue weighted by Gasteiger charge is -2.27. The van der Waals surface area contributed by atoms with Gasteiger partial charge in [0.15, 0.2) is 0 Å². The molecule has 27 heavy (non-hydrogen) atoms. The van der Waals surface area contributed by atoms with Crippen LogP contribution in [0.5, 0.6) is 0 Å². The van der Waals surface area contributed by atoms with E-state index >= 15 is 0 Å². The minimum atomic E-state index is -0.172. The molecule has 1 aliphatic heterocycles. The molecule has 0 unspecified atom stereocenters. The van der Waals surface area contributed by atoms with Crippen LogP contribution in [0.4, 0.5) is 0 Å². The van der Waals surface area contributed by atoms with E-state index in [-0.39, 0.29) is 18.0 Å². The normalized spacial score (nSPS) is 14.3. The highest BCUT2D eigenvalue weighted by atomic mass is 16.2. The second kappa shape index (κ2) is 7.19. The van der Waals surface area contributed by atoms with Gasteiger partial charge in [0.1, 0.15) is 6.54 Å². The fourth-order valence-corrected chi connectivity index (χ4v) is 3.51. The molecule has 1 aliphatic rings. The summed E-state index contributed by atoms with van der Waals surface area (Å²) in [5.41, 5.74) is 3.95. The minimum Gasteiger partial charge on any atom is -0.337 e. The van der Waals surface area contributed by atoms with Crippen LogP contribution in [-0.2, 0) is 11.3 Å². The van der Waals surface area contributed by atoms with Crippen molar-refractivity contribution in [1.82, 2.24) is 14.5 Å². The van der Waals surface area contributed by atoms with Crippen LogP contribution >= 0.6 is 0 Å². The van der Waals surface area contributed by atoms with Crippen LogP contribution in [0.2, 0.25) is 0 Å². The zero-order valence-electron chi connectivity index (χ0n) is 15.3. The van der Waals surface area contributed by atoms with Crippen molar-refractivity contribution in [2.75, 3.05) is 13.1 Å². The van der Waals surface area contributed by atoms with Gasteiger partial charge in [-0.1, -0.05) is 48.5 Å². The highest BCUT2D eigenvalue weighted by molar-refractivity contribution is 5.81. The molecule has 0 radical (unpaired) electrons. The number of carbonyl (C=O) groups excluding carboxylic acids is 1. The number of aromatic nitrogens is 2. The summed E-state index contributed by atoms with van der Waals surface area (Å²) in [4.78, 5) is 31.5. The van der Waals surface area contributed by atoms with Gasteiger partial charge in [-0.15, -0.1) is 0 Å². The van der Waals surface area contributed by atoms with E-state index in [0.29, 0.717) is 24.0 Å². The van der Waals surface area contributed by atoms with E-state index in [1.165, 1.54) is 22.0 Å². The first kappa shape index (κ1) is 17.2. The quantitative estimate of drug-likeness (QED) is 0.722. The van der Waals surface area contributed by atoms with Gasteiger partial charge < -0.3 is 4.90 Å². The fraction of sp³-hybridized carbons (Fsp3) is 0.227. The molecule has 0 saturated heterocycles. The van der Waals surface area contributed by atoms with Crippen LogP contribution < -0.4 is 5.56 Å². The number of hydrogen-bond acceptors (Lipinski definition) is 3. The summed E-state index contributed by atoms with van der Waals surface area (Å²) in [6.45, 7) is 3.17. The van der Waals surface area contributed by atoms with E-state index in [1.807, 2.05) is 37.3 Å². The van der Waals surface area contributed by atoms with Gasteiger partial charge in [0.05, 0.1) is 17.2 Å². The molecule has 1 aromatic heterocycles. The van der Waals surface area contributed by atoms with E-state index in [9.17, 15) is 9.59 Å². The van der Waals surface area contributed by atoms with Gasteiger partial charge in [0.25, 0.3) is 5.56 Å². The highest BCUT2D eigenvalue weighted by Crippen LogP contribution is 2.22. The summed E-state index contributed by atoms with van der Waals surface area (Å²) >= 11 is 0. The van der Waals surface area contributed by atoms with Crippen LogP contribution in [-0.4, -0.2) is 33.4 Å². The average Bonchev–Trinajstić information content (AvgIpc) is 2.71. The van der Waals surface area contributed by atoms with Gasteiger partial charge >= 0.3 is 0 Å². The maximum Gasteiger partial charge on any atom is 0.261 e. The lowest BCUT2D eigenvalue weighted by Crippen LogP contribution is -2.39. The first-order chi connectivity index (χ1) is 13.1. The van der Waals surface area contributed by atoms with Gasteiger partial charge in [0.2, 0.25) is 5.91 Å². The largest absolute Gasteiger partial charge is 0.337 e. The molecule has 5 nitrogen and oxygen atoms in total. The average molecular weight is 359 g/mol. The molecular weight excluding hydrogens is 338 g/mol. The summed E-state index contributed by atoms with van der Waals surface area (Å²) in [5, 5.41) is 0.551. The van der Waals surface area contributed by atoms with E-state index in [0.717, 1.165) is 12.0 Å². The molecule has 2 heterocycles. The van der Waals surface area contributed by atoms with Crippen molar-refractivity contribution in [2.24, 2.45) is 0 Å². The molecule has 0 spiro atoms. The third-order valence-electron chi connectivity index (χ3n) is 5.07. The Balaban J connectivity index is 1.51. The van der Waals surface area contributed by atoms with E-state index < -0.39 is 0 Å². The number of rotatable bonds is 3. The highest BCUT2D eigenvalue weighted by Gasteiger charge is 2.19. The predicted molar refractivity (Wildman–Crippen MR) is 106 cm³/mol. The summed E-state index contributed by atoms with van der Waals surface area (Å²) in [6.07, 6.45) is 4.39. The Morgan fingerprint density at radius 1 is 1.11 bits per heavy atom. The number of benzene rings is 2. The standard InChI is InChI=1S/C22H21N3O2/c1-16-6-5-9-19-21(16)23-15-25(22(19)27)14-20(26)24-12-10-18(11-13-24)17-7-3-2-4-8-17/h2-10,15H,11-14H2,1H3. The predicted octanol–water partition coefficient (Wildman–Crippen LogP) is 3.02. The number of para-hydroxylation sites is 1. The Morgan fingerprint density at radius 3 is 2.67 bits per heavy atom. The number of amides is 1. The maximum absolute atomic E-state index is 12.7. The van der Waals surface area contributed by atoms with Crippen molar-refractivity contribution in [1.29, 1.82) is 0 Å². The van der Waals surface area contributed by atoms with E-state index in [2.05, 4.69) is 23.2 Å². The zero-order valence-corrected chi connectivity index (χ0v) is 15.3. The molecule has 0 saturated carbocycles. The van der Waals surface area contributed by atoms with Crippen molar-refractivity contribution < 1.29 is 4.79 Å². The molecule has 0 atom stereocenters. The number of fused-ring (bicyclic) bond motifs is 1. The molecule has 0 bridgehead atoms. The number of nitrogens with zero attached hydrogens (tertiary/aromatic N) is 3. The Labute approximate surface area is 157 Å². The molecule has 136 valence electrons. The number of aryl methyl sites for hydroxylation is 1. The van der Waals surface area contributed by atoms with Crippen LogP contribution in [0.15, 0.2) is 65.7 Å². The summed E-state index contributed by atoms with van der Waals surface area (Å²) in [5.74, 6) is -0.0609. The smallest absolute Gasteiger partial charge is 0.261 e. The van der Waals surface area contributed by atoms with E-state index in [1.54, 1.807) is 11.0 Å². The molecular formula is C22H21N3O2. The Hall–Kier alpha value is -3.21. The zero-order chi connectivity index (χ0) is 18.8. The molecule has 0 fully saturated rings. The van der Waals surface area contributed by atoms with Crippen LogP contribution in [0.25, 0.3) is 16.5 Å². The molecule has 0 N–H and O–H groups in total. The molecule has 1 amide bonds. The summed E-state index contributed by atoms with van der Waals surface area (Å²) in [7, 11) is 0. The lowest BCUT2D eigenvalue weighted by molar-refractivity contribution is -0.131. The molecule has 3 aromatic rings. The SMILES string of the molecule is Cc1cccc2c(=O)n(CC(=O)N3CC=C(c4ccccc4)CC3)cnc12. The Kier molecular flexibility index (Phi) is 4.59. The molecule has 5 heteroatoms. The molecule has 4 rings (SSSR count). The Morgan fingerprint density at radius 2 is 1.93 bits per heavy atom. The van der Waals surface area contributed by atoms with Gasteiger partial charge in [-0.05, 0) is 36.1 Å². The van der Waals surface area contributed by atoms with Crippen molar-refractivity contribution in [3.8, 4) is 0 Å². The van der Waals surface area contributed by atoms with Crippen molar-refractivity contribution in [3.63, 3.8) is 0 Å². The van der Waals surface area contributed by atoms with Crippen LogP contribution in [0, 0.1) is 6.92 Å². The first-order valence-electron chi connectivity index (χ1n) is 9.10. The lowest BCUT2D eigenvalue weighted by atomic mass is 9.99. The van der Waals surface area contributed by atoms with Crippen molar-refractivity contribution >= 4 is 22.4 Å². The maximum atomic E-state index is 12.7. The minimum absolute atomic E-state index is 0.0181. The third-order valence-corrected chi connectivity index (χ3v) is 5.07. The molecule has 0 aliphatic carbocycles. The monoisotopic (exact) mass is 359 g/mol. The van der Waals surface area contributed by atoms with Gasteiger partial charge in [0, 0.05) is 13.1 Å². The van der Waals surface area contributed by atoms with E-state index in [4.69, 9.17) is 0 Å². The van der Waals surface area contributed by atoms with Crippen LogP contribution in [0.1, 0.15) is 17.5 Å². The number of carbonyl (C=O) groups is 1. The van der Waals surface area contributed by atoms with Crippen LogP contribution in [0.3, 0.4) is 0 Å². The second-order valence-corrected chi connectivity index (χ2v) is 6.83. The van der Waals surface area contributed by atoms with Crippen molar-refractivity contribution in [3.05, 3.63) is 82.4 Å². The first-order valence-corrected chi connectivity index (χ1v) is 9.10. The van der Waals surface area contributed by atoms with Crippen molar-refractivity contribution in [2.45, 2.75) is 19.9 Å². The van der Waals surface area contributed by atoms with Gasteiger partial charge in [-0.3, -0.25) is 14.2 Å². The van der Waals surface area contributed by atoms with Gasteiger partial charge in [-0.2, -0.15) is 0 Å². The topological polar surface area (TPSA) is 55.2 Å². The summed E-state index contributed by atoms with van der Waals surface area (Å²) < 4.78 is 1.40. The molecule has 2 aromatic carbocycles. The summed E-state index contributed by atoms with van der Waals surface area (Å²) in [6, 6.07) is 15.7.